The van der Waals surface area contributed by atoms with Gasteiger partial charge in [-0.25, -0.2) is 0 Å². The second-order valence-corrected chi connectivity index (χ2v) is 6.01. The summed E-state index contributed by atoms with van der Waals surface area (Å²) in [4.78, 5) is 14.8. The average molecular weight is 299 g/mol. The van der Waals surface area contributed by atoms with Crippen molar-refractivity contribution in [1.82, 2.24) is 4.90 Å². The third-order valence-electron chi connectivity index (χ3n) is 4.43. The first kappa shape index (κ1) is 17.8. The van der Waals surface area contributed by atoms with Crippen molar-refractivity contribution < 1.29 is 15.1 Å². The highest BCUT2D eigenvalue weighted by Crippen LogP contribution is 2.34. The molecule has 0 radical (unpaired) electrons. The lowest BCUT2D eigenvalue weighted by Crippen LogP contribution is -2.54. The van der Waals surface area contributed by atoms with Crippen LogP contribution < -0.4 is 5.73 Å². The van der Waals surface area contributed by atoms with Crippen molar-refractivity contribution >= 4 is 11.7 Å². The van der Waals surface area contributed by atoms with Gasteiger partial charge in [0, 0.05) is 19.7 Å². The lowest BCUT2D eigenvalue weighted by molar-refractivity contribution is -0.141. The van der Waals surface area contributed by atoms with Crippen molar-refractivity contribution in [2.75, 3.05) is 19.7 Å². The maximum absolute atomic E-state index is 13.0. The molecule has 0 aliphatic carbocycles. The van der Waals surface area contributed by atoms with E-state index >= 15 is 0 Å². The Morgan fingerprint density at radius 3 is 2.48 bits per heavy atom. The van der Waals surface area contributed by atoms with Gasteiger partial charge in [0.25, 0.3) is 0 Å². The van der Waals surface area contributed by atoms with Crippen LogP contribution in [0.5, 0.6) is 0 Å². The number of amides is 1. The van der Waals surface area contributed by atoms with Gasteiger partial charge in [-0.1, -0.05) is 31.8 Å². The molecule has 1 heterocycles. The fourth-order valence-electron chi connectivity index (χ4n) is 3.36. The largest absolute Gasteiger partial charge is 0.409 e. The normalized spacial score (nSPS) is 20.6. The number of amidine groups is 1. The van der Waals surface area contributed by atoms with Crippen LogP contribution in [0.25, 0.3) is 0 Å². The number of likely N-dealkylation sites (tertiary alicyclic amines) is 1. The second kappa shape index (κ2) is 8.22. The minimum absolute atomic E-state index is 0.0160. The molecule has 1 amide bonds. The summed E-state index contributed by atoms with van der Waals surface area (Å²) < 4.78 is 0. The summed E-state index contributed by atoms with van der Waals surface area (Å²) in [6.45, 7) is 5.33. The highest BCUT2D eigenvalue weighted by atomic mass is 16.4. The van der Waals surface area contributed by atoms with E-state index in [0.717, 1.165) is 25.7 Å². The van der Waals surface area contributed by atoms with Crippen molar-refractivity contribution in [3.05, 3.63) is 0 Å². The third kappa shape index (κ3) is 3.87. The summed E-state index contributed by atoms with van der Waals surface area (Å²) in [5.74, 6) is 0.0953. The van der Waals surface area contributed by atoms with Gasteiger partial charge in [0.05, 0.1) is 0 Å². The summed E-state index contributed by atoms with van der Waals surface area (Å²) in [5, 5.41) is 21.6. The number of carbonyl (C=O) groups excluding carboxylic acids is 1. The minimum atomic E-state index is -0.907. The van der Waals surface area contributed by atoms with Gasteiger partial charge in [-0.05, 0) is 31.6 Å². The van der Waals surface area contributed by atoms with Crippen molar-refractivity contribution in [2.24, 2.45) is 22.2 Å². The summed E-state index contributed by atoms with van der Waals surface area (Å²) in [6.07, 6.45) is 4.57. The second-order valence-electron chi connectivity index (χ2n) is 6.01. The van der Waals surface area contributed by atoms with Crippen LogP contribution in [-0.2, 0) is 4.79 Å². The zero-order valence-corrected chi connectivity index (χ0v) is 13.2. The van der Waals surface area contributed by atoms with Crippen LogP contribution in [0, 0.1) is 11.3 Å². The summed E-state index contributed by atoms with van der Waals surface area (Å²) in [7, 11) is 0. The molecule has 1 aliphatic heterocycles. The van der Waals surface area contributed by atoms with E-state index in [4.69, 9.17) is 10.9 Å². The zero-order chi connectivity index (χ0) is 15.9. The highest BCUT2D eigenvalue weighted by molar-refractivity contribution is 6.06. The van der Waals surface area contributed by atoms with Crippen LogP contribution >= 0.6 is 0 Å². The molecule has 0 spiro atoms. The predicted molar refractivity (Wildman–Crippen MR) is 82.0 cm³/mol. The van der Waals surface area contributed by atoms with Gasteiger partial charge in [0.1, 0.15) is 5.41 Å². The Labute approximate surface area is 127 Å². The molecule has 0 saturated carbocycles. The molecule has 0 bridgehead atoms. The van der Waals surface area contributed by atoms with E-state index in [1.54, 1.807) is 4.90 Å². The Morgan fingerprint density at radius 2 is 2.00 bits per heavy atom. The molecule has 122 valence electrons. The fourth-order valence-corrected chi connectivity index (χ4v) is 3.36. The van der Waals surface area contributed by atoms with Crippen LogP contribution in [0.4, 0.5) is 0 Å². The van der Waals surface area contributed by atoms with Crippen LogP contribution in [0.3, 0.4) is 0 Å². The maximum Gasteiger partial charge on any atom is 0.236 e. The molecule has 1 rings (SSSR count). The van der Waals surface area contributed by atoms with Gasteiger partial charge < -0.3 is 20.9 Å². The molecule has 6 heteroatoms. The lowest BCUT2D eigenvalue weighted by atomic mass is 9.76. The summed E-state index contributed by atoms with van der Waals surface area (Å²) in [6, 6.07) is 0. The molecule has 1 saturated heterocycles. The van der Waals surface area contributed by atoms with Gasteiger partial charge >= 0.3 is 0 Å². The smallest absolute Gasteiger partial charge is 0.236 e. The van der Waals surface area contributed by atoms with Crippen molar-refractivity contribution in [3.8, 4) is 0 Å². The number of carbonyl (C=O) groups is 1. The molecule has 1 fully saturated rings. The number of aliphatic hydroxyl groups is 1. The quantitative estimate of drug-likeness (QED) is 0.287. The average Bonchev–Trinajstić information content (AvgIpc) is 2.53. The first-order valence-corrected chi connectivity index (χ1v) is 7.93. The first-order valence-electron chi connectivity index (χ1n) is 7.93. The van der Waals surface area contributed by atoms with Crippen LogP contribution in [0.1, 0.15) is 52.4 Å². The van der Waals surface area contributed by atoms with Gasteiger partial charge in [0.2, 0.25) is 5.91 Å². The minimum Gasteiger partial charge on any atom is -0.409 e. The molecular weight excluding hydrogens is 270 g/mol. The van der Waals surface area contributed by atoms with Gasteiger partial charge in [-0.15, -0.1) is 0 Å². The summed E-state index contributed by atoms with van der Waals surface area (Å²) in [5.41, 5.74) is 5.00. The number of hydrogen-bond acceptors (Lipinski definition) is 4. The van der Waals surface area contributed by atoms with Crippen LogP contribution in [-0.4, -0.2) is 46.7 Å². The standard InChI is InChI=1S/C15H29N3O3/c1-3-7-15(8-4-2,13(16)17-21)14(20)18-9-5-6-12(10-18)11-19/h12,19,21H,3-11H2,1-2H3,(H2,16,17). The SMILES string of the molecule is CCCC(CCC)(C(=O)N1CCCC(CO)C1)C(N)=NO. The van der Waals surface area contributed by atoms with Crippen molar-refractivity contribution in [2.45, 2.75) is 52.4 Å². The maximum atomic E-state index is 13.0. The lowest BCUT2D eigenvalue weighted by Gasteiger charge is -2.39. The molecule has 1 aliphatic rings. The van der Waals surface area contributed by atoms with E-state index in [1.807, 2.05) is 13.8 Å². The van der Waals surface area contributed by atoms with Crippen molar-refractivity contribution in [1.29, 1.82) is 0 Å². The van der Waals surface area contributed by atoms with Crippen molar-refractivity contribution in [3.63, 3.8) is 0 Å². The van der Waals surface area contributed by atoms with E-state index in [0.29, 0.717) is 25.9 Å². The summed E-state index contributed by atoms with van der Waals surface area (Å²) >= 11 is 0. The zero-order valence-electron chi connectivity index (χ0n) is 13.2. The topological polar surface area (TPSA) is 99.2 Å². The Bertz CT molecular complexity index is 365. The molecule has 0 aromatic rings. The first-order chi connectivity index (χ1) is 10.1. The van der Waals surface area contributed by atoms with Gasteiger partial charge in [-0.3, -0.25) is 4.79 Å². The van der Waals surface area contributed by atoms with E-state index in [-0.39, 0.29) is 24.3 Å². The van der Waals surface area contributed by atoms with Gasteiger partial charge in [-0.2, -0.15) is 0 Å². The fraction of sp³-hybridized carbons (Fsp3) is 0.867. The van der Waals surface area contributed by atoms with E-state index in [2.05, 4.69) is 5.16 Å². The number of rotatable bonds is 7. The number of hydrogen-bond donors (Lipinski definition) is 3. The molecule has 6 nitrogen and oxygen atoms in total. The predicted octanol–water partition coefficient (Wildman–Crippen LogP) is 1.55. The number of aliphatic hydroxyl groups excluding tert-OH is 1. The number of nitrogens with zero attached hydrogens (tertiary/aromatic N) is 2. The molecule has 4 N–H and O–H groups in total. The monoisotopic (exact) mass is 299 g/mol. The Morgan fingerprint density at radius 1 is 1.38 bits per heavy atom. The van der Waals surface area contributed by atoms with Crippen LogP contribution in [0.2, 0.25) is 0 Å². The van der Waals surface area contributed by atoms with E-state index < -0.39 is 5.41 Å². The van der Waals surface area contributed by atoms with Crippen LogP contribution in [0.15, 0.2) is 5.16 Å². The number of oxime groups is 1. The third-order valence-corrected chi connectivity index (χ3v) is 4.43. The molecule has 0 aromatic heterocycles. The highest BCUT2D eigenvalue weighted by Gasteiger charge is 2.44. The molecular formula is C15H29N3O3. The van der Waals surface area contributed by atoms with Gasteiger partial charge in [0.15, 0.2) is 5.84 Å². The molecule has 1 atom stereocenters. The van der Waals surface area contributed by atoms with E-state index in [1.165, 1.54) is 0 Å². The number of nitrogens with two attached hydrogens (primary N) is 1. The Kier molecular flexibility index (Phi) is 6.95. The number of piperidine rings is 1. The Balaban J connectivity index is 3.03. The van der Waals surface area contributed by atoms with E-state index in [9.17, 15) is 9.90 Å². The Hall–Kier alpha value is -1.30. The molecule has 1 unspecified atom stereocenters. The molecule has 0 aromatic carbocycles. The molecule has 21 heavy (non-hydrogen) atoms.